The van der Waals surface area contributed by atoms with Crippen LogP contribution in [-0.2, 0) is 0 Å². The van der Waals surface area contributed by atoms with Crippen LogP contribution in [0.4, 0.5) is 5.95 Å². The molecule has 3 aromatic rings. The molecule has 28 heavy (non-hydrogen) atoms. The molecule has 1 atom stereocenters. The monoisotopic (exact) mass is 380 g/mol. The number of para-hydroxylation sites is 1. The van der Waals surface area contributed by atoms with Crippen LogP contribution in [0.1, 0.15) is 25.7 Å². The van der Waals surface area contributed by atoms with Crippen molar-refractivity contribution in [3.05, 3.63) is 52.7 Å². The summed E-state index contributed by atoms with van der Waals surface area (Å²) in [6, 6.07) is 9.22. The van der Waals surface area contributed by atoms with Gasteiger partial charge in [-0.3, -0.25) is 9.69 Å². The molecule has 0 amide bonds. The van der Waals surface area contributed by atoms with E-state index < -0.39 is 0 Å². The molecule has 1 aromatic carbocycles. The molecule has 1 saturated heterocycles. The molecule has 0 spiro atoms. The maximum absolute atomic E-state index is 12.4. The van der Waals surface area contributed by atoms with Gasteiger partial charge in [0.05, 0.1) is 23.6 Å². The van der Waals surface area contributed by atoms with E-state index in [0.29, 0.717) is 29.6 Å². The lowest BCUT2D eigenvalue weighted by molar-refractivity contribution is 0.191. The number of hydrogen-bond donors (Lipinski definition) is 1. The zero-order valence-electron chi connectivity index (χ0n) is 16.1. The van der Waals surface area contributed by atoms with Crippen molar-refractivity contribution in [3.8, 4) is 5.88 Å². The van der Waals surface area contributed by atoms with Crippen LogP contribution in [0.2, 0.25) is 0 Å². The number of aromatic nitrogens is 4. The second-order valence-electron chi connectivity index (χ2n) is 6.80. The lowest BCUT2D eigenvalue weighted by Crippen LogP contribution is -2.48. The van der Waals surface area contributed by atoms with E-state index in [1.54, 1.807) is 18.3 Å². The van der Waals surface area contributed by atoms with Gasteiger partial charge in [0.2, 0.25) is 11.8 Å². The first kappa shape index (κ1) is 18.4. The lowest BCUT2D eigenvalue weighted by atomic mass is 10.2. The van der Waals surface area contributed by atoms with Crippen molar-refractivity contribution in [1.29, 1.82) is 0 Å². The quantitative estimate of drug-likeness (QED) is 0.724. The molecule has 0 bridgehead atoms. The number of hydrogen-bond acceptors (Lipinski definition) is 7. The molecule has 4 rings (SSSR count). The average molecular weight is 380 g/mol. The van der Waals surface area contributed by atoms with Crippen LogP contribution in [0.15, 0.2) is 41.3 Å². The summed E-state index contributed by atoms with van der Waals surface area (Å²) in [6.45, 7) is 7.87. The Hall–Kier alpha value is -3.00. The summed E-state index contributed by atoms with van der Waals surface area (Å²) in [5.41, 5.74) is 0.639. The summed E-state index contributed by atoms with van der Waals surface area (Å²) in [7, 11) is 0. The Labute approximate surface area is 163 Å². The summed E-state index contributed by atoms with van der Waals surface area (Å²) in [5.74, 6) is 1.99. The number of anilines is 1. The Balaban J connectivity index is 1.46. The van der Waals surface area contributed by atoms with E-state index >= 15 is 0 Å². The van der Waals surface area contributed by atoms with Crippen molar-refractivity contribution in [1.82, 2.24) is 24.8 Å². The molecular weight excluding hydrogens is 356 g/mol. The molecule has 1 fully saturated rings. The fourth-order valence-electron chi connectivity index (χ4n) is 3.50. The van der Waals surface area contributed by atoms with E-state index in [-0.39, 0.29) is 11.6 Å². The second kappa shape index (κ2) is 7.93. The molecule has 0 radical (unpaired) electrons. The number of H-pyrrole nitrogens is 1. The number of benzene rings is 1. The Bertz CT molecular complexity index is 1010. The first-order valence-electron chi connectivity index (χ1n) is 9.59. The largest absolute Gasteiger partial charge is 0.478 e. The highest BCUT2D eigenvalue weighted by atomic mass is 16.5. The van der Waals surface area contributed by atoms with Gasteiger partial charge in [-0.25, -0.2) is 9.97 Å². The minimum absolute atomic E-state index is 0.0233. The molecule has 0 saturated carbocycles. The number of nitrogens with zero attached hydrogens (tertiary/aromatic N) is 5. The Morgan fingerprint density at radius 1 is 1.14 bits per heavy atom. The van der Waals surface area contributed by atoms with Gasteiger partial charge in [-0.2, -0.15) is 4.98 Å². The summed E-state index contributed by atoms with van der Waals surface area (Å²) >= 11 is 0. The molecule has 1 aliphatic rings. The predicted molar refractivity (Wildman–Crippen MR) is 108 cm³/mol. The molecule has 8 nitrogen and oxygen atoms in total. The molecule has 0 aliphatic carbocycles. The SMILES string of the molecule is CCOc1ccnc(N2CCN(C(C)c3nc4ccccc4c(=O)[nH]3)CC2)n1. The Morgan fingerprint density at radius 2 is 1.93 bits per heavy atom. The number of ether oxygens (including phenoxy) is 1. The molecule has 8 heteroatoms. The van der Waals surface area contributed by atoms with Crippen molar-refractivity contribution >= 4 is 16.9 Å². The number of nitrogens with one attached hydrogen (secondary N) is 1. The minimum Gasteiger partial charge on any atom is -0.478 e. The van der Waals surface area contributed by atoms with Crippen LogP contribution < -0.4 is 15.2 Å². The predicted octanol–water partition coefficient (Wildman–Crippen LogP) is 1.99. The zero-order chi connectivity index (χ0) is 19.5. The smallest absolute Gasteiger partial charge is 0.258 e. The number of aromatic amines is 1. The minimum atomic E-state index is -0.0905. The van der Waals surface area contributed by atoms with Crippen LogP contribution in [-0.4, -0.2) is 57.6 Å². The molecule has 1 aliphatic heterocycles. The fourth-order valence-corrected chi connectivity index (χ4v) is 3.50. The van der Waals surface area contributed by atoms with Crippen molar-refractivity contribution in [2.24, 2.45) is 0 Å². The van der Waals surface area contributed by atoms with Crippen LogP contribution in [0.3, 0.4) is 0 Å². The summed E-state index contributed by atoms with van der Waals surface area (Å²) in [6.07, 6.45) is 1.73. The van der Waals surface area contributed by atoms with Gasteiger partial charge in [0, 0.05) is 38.4 Å². The van der Waals surface area contributed by atoms with Crippen molar-refractivity contribution in [2.75, 3.05) is 37.7 Å². The highest BCUT2D eigenvalue weighted by Crippen LogP contribution is 2.21. The topological polar surface area (TPSA) is 87.2 Å². The molecule has 1 N–H and O–H groups in total. The first-order valence-corrected chi connectivity index (χ1v) is 9.59. The third-order valence-electron chi connectivity index (χ3n) is 5.08. The lowest BCUT2D eigenvalue weighted by Gasteiger charge is -2.37. The molecule has 3 heterocycles. The first-order chi connectivity index (χ1) is 13.7. The standard InChI is InChI=1S/C20H24N6O2/c1-3-28-17-8-9-21-20(23-17)26-12-10-25(11-13-26)14(2)18-22-16-7-5-4-6-15(16)19(27)24-18/h4-9,14H,3,10-13H2,1-2H3,(H,22,24,27). The van der Waals surface area contributed by atoms with Crippen molar-refractivity contribution in [3.63, 3.8) is 0 Å². The highest BCUT2D eigenvalue weighted by Gasteiger charge is 2.25. The summed E-state index contributed by atoms with van der Waals surface area (Å²) in [4.78, 5) is 33.3. The van der Waals surface area contributed by atoms with E-state index in [9.17, 15) is 4.79 Å². The third-order valence-corrected chi connectivity index (χ3v) is 5.08. The Morgan fingerprint density at radius 3 is 2.71 bits per heavy atom. The number of piperazine rings is 1. The van der Waals surface area contributed by atoms with E-state index in [1.165, 1.54) is 0 Å². The van der Waals surface area contributed by atoms with Crippen LogP contribution >= 0.6 is 0 Å². The third kappa shape index (κ3) is 3.68. The van der Waals surface area contributed by atoms with E-state index in [0.717, 1.165) is 31.7 Å². The van der Waals surface area contributed by atoms with Gasteiger partial charge in [-0.1, -0.05) is 12.1 Å². The maximum Gasteiger partial charge on any atom is 0.258 e. The maximum atomic E-state index is 12.4. The molecule has 146 valence electrons. The molecule has 2 aromatic heterocycles. The van der Waals surface area contributed by atoms with Gasteiger partial charge in [0.15, 0.2) is 0 Å². The van der Waals surface area contributed by atoms with Crippen molar-refractivity contribution in [2.45, 2.75) is 19.9 Å². The van der Waals surface area contributed by atoms with Gasteiger partial charge < -0.3 is 14.6 Å². The van der Waals surface area contributed by atoms with E-state index in [2.05, 4.69) is 36.7 Å². The van der Waals surface area contributed by atoms with Gasteiger partial charge >= 0.3 is 0 Å². The average Bonchev–Trinajstić information content (AvgIpc) is 2.74. The van der Waals surface area contributed by atoms with Gasteiger partial charge in [-0.05, 0) is 26.0 Å². The number of rotatable bonds is 5. The van der Waals surface area contributed by atoms with E-state index in [1.807, 2.05) is 25.1 Å². The van der Waals surface area contributed by atoms with Crippen LogP contribution in [0.5, 0.6) is 5.88 Å². The number of fused-ring (bicyclic) bond motifs is 1. The van der Waals surface area contributed by atoms with E-state index in [4.69, 9.17) is 4.74 Å². The van der Waals surface area contributed by atoms with Gasteiger partial charge in [-0.15, -0.1) is 0 Å². The summed E-state index contributed by atoms with van der Waals surface area (Å²) < 4.78 is 5.47. The zero-order valence-corrected chi connectivity index (χ0v) is 16.1. The Kier molecular flexibility index (Phi) is 5.21. The normalized spacial score (nSPS) is 16.3. The fraction of sp³-hybridized carbons (Fsp3) is 0.400. The molecule has 1 unspecified atom stereocenters. The van der Waals surface area contributed by atoms with Crippen LogP contribution in [0.25, 0.3) is 10.9 Å². The van der Waals surface area contributed by atoms with Crippen LogP contribution in [0, 0.1) is 0 Å². The summed E-state index contributed by atoms with van der Waals surface area (Å²) in [5, 5.41) is 0.620. The second-order valence-corrected chi connectivity index (χ2v) is 6.80. The highest BCUT2D eigenvalue weighted by molar-refractivity contribution is 5.77. The van der Waals surface area contributed by atoms with Gasteiger partial charge in [0.25, 0.3) is 5.56 Å². The molecular formula is C20H24N6O2. The van der Waals surface area contributed by atoms with Crippen molar-refractivity contribution < 1.29 is 4.74 Å². The van der Waals surface area contributed by atoms with Gasteiger partial charge in [0.1, 0.15) is 5.82 Å².